The highest BCUT2D eigenvalue weighted by Gasteiger charge is 2.25. The maximum Gasteiger partial charge on any atom is 0.127 e. The van der Waals surface area contributed by atoms with Crippen molar-refractivity contribution in [3.05, 3.63) is 23.9 Å². The van der Waals surface area contributed by atoms with Gasteiger partial charge in [-0.15, -0.1) is 0 Å². The van der Waals surface area contributed by atoms with Crippen molar-refractivity contribution in [2.24, 2.45) is 0 Å². The molecule has 1 aliphatic heterocycles. The Morgan fingerprint density at radius 3 is 2.72 bits per heavy atom. The number of likely N-dealkylation sites (N-methyl/N-ethyl adjacent to an activating group) is 1. The minimum Gasteiger partial charge on any atom is -0.376 e. The van der Waals surface area contributed by atoms with E-state index >= 15 is 0 Å². The van der Waals surface area contributed by atoms with E-state index in [2.05, 4.69) is 16.4 Å². The predicted molar refractivity (Wildman–Crippen MR) is 70.9 cm³/mol. The number of rotatable bonds is 4. The zero-order valence-corrected chi connectivity index (χ0v) is 11.2. The van der Waals surface area contributed by atoms with Crippen LogP contribution in [0.15, 0.2) is 18.3 Å². The van der Waals surface area contributed by atoms with Crippen molar-refractivity contribution in [1.29, 1.82) is 0 Å². The van der Waals surface area contributed by atoms with Crippen LogP contribution < -0.4 is 10.2 Å². The molecule has 2 rings (SSSR count). The number of aromatic nitrogens is 1. The summed E-state index contributed by atoms with van der Waals surface area (Å²) in [6, 6.07) is 4.22. The molecule has 1 aromatic rings. The fourth-order valence-corrected chi connectivity index (χ4v) is 2.11. The first-order chi connectivity index (χ1) is 8.72. The van der Waals surface area contributed by atoms with Crippen LogP contribution in [-0.4, -0.2) is 52.1 Å². The summed E-state index contributed by atoms with van der Waals surface area (Å²) in [7, 11) is 5.90. The molecule has 0 amide bonds. The van der Waals surface area contributed by atoms with Crippen LogP contribution in [-0.2, 0) is 9.47 Å². The monoisotopic (exact) mass is 251 g/mol. The molecule has 0 radical (unpaired) electrons. The lowest BCUT2D eigenvalue weighted by molar-refractivity contribution is -0.101. The molecule has 0 saturated carbocycles. The van der Waals surface area contributed by atoms with Crippen LogP contribution >= 0.6 is 0 Å². The zero-order chi connectivity index (χ0) is 13.0. The minimum atomic E-state index is 0.0516. The van der Waals surface area contributed by atoms with Crippen LogP contribution in [0.1, 0.15) is 11.6 Å². The van der Waals surface area contributed by atoms with Crippen molar-refractivity contribution in [2.75, 3.05) is 45.9 Å². The van der Waals surface area contributed by atoms with Gasteiger partial charge in [0.1, 0.15) is 11.9 Å². The largest absolute Gasteiger partial charge is 0.376 e. The lowest BCUT2D eigenvalue weighted by Gasteiger charge is -2.30. The van der Waals surface area contributed by atoms with E-state index in [0.717, 1.165) is 11.4 Å². The van der Waals surface area contributed by atoms with Crippen LogP contribution in [0.3, 0.4) is 0 Å². The van der Waals surface area contributed by atoms with E-state index in [1.165, 1.54) is 0 Å². The summed E-state index contributed by atoms with van der Waals surface area (Å²) < 4.78 is 11.2. The first-order valence-corrected chi connectivity index (χ1v) is 6.22. The molecule has 2 heterocycles. The second kappa shape index (κ2) is 6.13. The maximum absolute atomic E-state index is 5.74. The van der Waals surface area contributed by atoms with Crippen molar-refractivity contribution in [3.8, 4) is 0 Å². The molecule has 1 aromatic heterocycles. The maximum atomic E-state index is 5.74. The Balaban J connectivity index is 2.11. The van der Waals surface area contributed by atoms with Gasteiger partial charge in [-0.3, -0.25) is 0 Å². The fourth-order valence-electron chi connectivity index (χ4n) is 2.11. The highest BCUT2D eigenvalue weighted by molar-refractivity contribution is 5.38. The predicted octanol–water partition coefficient (Wildman–Crippen LogP) is 0.823. The number of hydrogen-bond acceptors (Lipinski definition) is 5. The van der Waals surface area contributed by atoms with E-state index in [1.54, 1.807) is 0 Å². The quantitative estimate of drug-likeness (QED) is 0.858. The topological polar surface area (TPSA) is 46.6 Å². The highest BCUT2D eigenvalue weighted by Crippen LogP contribution is 2.22. The van der Waals surface area contributed by atoms with Crippen LogP contribution in [0.5, 0.6) is 0 Å². The molecule has 2 atom stereocenters. The van der Waals surface area contributed by atoms with Gasteiger partial charge in [-0.05, 0) is 18.7 Å². The average molecular weight is 251 g/mol. The van der Waals surface area contributed by atoms with Gasteiger partial charge in [0.15, 0.2) is 0 Å². The highest BCUT2D eigenvalue weighted by atomic mass is 16.6. The van der Waals surface area contributed by atoms with E-state index in [1.807, 2.05) is 38.3 Å². The molecule has 1 aliphatic rings. The molecule has 5 nitrogen and oxygen atoms in total. The summed E-state index contributed by atoms with van der Waals surface area (Å²) in [5, 5.41) is 3.28. The third kappa shape index (κ3) is 2.98. The van der Waals surface area contributed by atoms with Crippen LogP contribution in [0.2, 0.25) is 0 Å². The van der Waals surface area contributed by atoms with Gasteiger partial charge in [0.25, 0.3) is 0 Å². The van der Waals surface area contributed by atoms with E-state index < -0.39 is 0 Å². The molecular formula is C13H21N3O2. The minimum absolute atomic E-state index is 0.0516. The first-order valence-electron chi connectivity index (χ1n) is 6.22. The van der Waals surface area contributed by atoms with Crippen LogP contribution in [0.25, 0.3) is 0 Å². The second-order valence-corrected chi connectivity index (χ2v) is 4.59. The Bertz CT molecular complexity index is 361. The number of anilines is 1. The molecule has 18 heavy (non-hydrogen) atoms. The van der Waals surface area contributed by atoms with E-state index in [-0.39, 0.29) is 12.1 Å². The van der Waals surface area contributed by atoms with E-state index in [9.17, 15) is 0 Å². The summed E-state index contributed by atoms with van der Waals surface area (Å²) in [5.41, 5.74) is 1.12. The number of nitrogens with one attached hydrogen (secondary N) is 1. The molecule has 2 unspecified atom stereocenters. The van der Waals surface area contributed by atoms with Crippen LogP contribution in [0.4, 0.5) is 5.82 Å². The van der Waals surface area contributed by atoms with Crippen molar-refractivity contribution < 1.29 is 9.47 Å². The second-order valence-electron chi connectivity index (χ2n) is 4.59. The van der Waals surface area contributed by atoms with Gasteiger partial charge in [0.2, 0.25) is 0 Å². The van der Waals surface area contributed by atoms with Crippen molar-refractivity contribution in [3.63, 3.8) is 0 Å². The molecule has 0 aromatic carbocycles. The van der Waals surface area contributed by atoms with Gasteiger partial charge in [0, 0.05) is 20.3 Å². The van der Waals surface area contributed by atoms with Crippen molar-refractivity contribution in [1.82, 2.24) is 10.3 Å². The molecule has 1 fully saturated rings. The molecule has 0 spiro atoms. The number of hydrogen-bond donors (Lipinski definition) is 1. The Kier molecular flexibility index (Phi) is 4.52. The van der Waals surface area contributed by atoms with Gasteiger partial charge in [-0.2, -0.15) is 0 Å². The molecule has 0 bridgehead atoms. The van der Waals surface area contributed by atoms with Crippen molar-refractivity contribution >= 4 is 5.82 Å². The molecule has 100 valence electrons. The molecule has 0 aliphatic carbocycles. The molecule has 1 N–H and O–H groups in total. The number of pyridine rings is 1. The van der Waals surface area contributed by atoms with E-state index in [4.69, 9.17) is 9.47 Å². The third-order valence-corrected chi connectivity index (χ3v) is 3.11. The summed E-state index contributed by atoms with van der Waals surface area (Å²) in [5.74, 6) is 0.953. The Morgan fingerprint density at radius 1 is 1.39 bits per heavy atom. The standard InChI is InChI=1S/C13H21N3O2/c1-14-13(11-9-17-6-7-18-11)10-4-5-12(15-8-10)16(2)3/h4-5,8,11,13-14H,6-7,9H2,1-3H3. The molecule has 5 heteroatoms. The Labute approximate surface area is 108 Å². The average Bonchev–Trinajstić information content (AvgIpc) is 2.41. The summed E-state index contributed by atoms with van der Waals surface area (Å²) in [6.45, 7) is 1.97. The van der Waals surface area contributed by atoms with Gasteiger partial charge < -0.3 is 19.7 Å². The lowest BCUT2D eigenvalue weighted by atomic mass is 10.0. The third-order valence-electron chi connectivity index (χ3n) is 3.11. The Morgan fingerprint density at radius 2 is 2.22 bits per heavy atom. The summed E-state index contributed by atoms with van der Waals surface area (Å²) >= 11 is 0. The fraction of sp³-hybridized carbons (Fsp3) is 0.615. The van der Waals surface area contributed by atoms with Gasteiger partial charge in [0.05, 0.1) is 25.9 Å². The molecule has 1 saturated heterocycles. The SMILES string of the molecule is CNC(c1ccc(N(C)C)nc1)C1COCCO1. The number of ether oxygens (including phenoxy) is 2. The summed E-state index contributed by atoms with van der Waals surface area (Å²) in [4.78, 5) is 6.42. The van der Waals surface area contributed by atoms with Gasteiger partial charge in [-0.1, -0.05) is 6.07 Å². The zero-order valence-electron chi connectivity index (χ0n) is 11.2. The summed E-state index contributed by atoms with van der Waals surface area (Å²) in [6.07, 6.45) is 1.95. The van der Waals surface area contributed by atoms with Crippen molar-refractivity contribution in [2.45, 2.75) is 12.1 Å². The van der Waals surface area contributed by atoms with Crippen LogP contribution in [0, 0.1) is 0 Å². The lowest BCUT2D eigenvalue weighted by Crippen LogP contribution is -2.39. The normalized spacial score (nSPS) is 21.6. The van der Waals surface area contributed by atoms with Gasteiger partial charge in [-0.25, -0.2) is 4.98 Å². The molecular weight excluding hydrogens is 230 g/mol. The first kappa shape index (κ1) is 13.3. The van der Waals surface area contributed by atoms with Gasteiger partial charge >= 0.3 is 0 Å². The number of nitrogens with zero attached hydrogens (tertiary/aromatic N) is 2. The smallest absolute Gasteiger partial charge is 0.127 e. The van der Waals surface area contributed by atoms with E-state index in [0.29, 0.717) is 19.8 Å². The Hall–Kier alpha value is -1.17.